The van der Waals surface area contributed by atoms with E-state index in [1.54, 1.807) is 18.4 Å². The van der Waals surface area contributed by atoms with Crippen molar-refractivity contribution >= 4 is 47.2 Å². The molecule has 2 heterocycles. The number of nitrogens with zero attached hydrogens (tertiary/aromatic N) is 2. The molecule has 1 aromatic carbocycles. The lowest BCUT2D eigenvalue weighted by Gasteiger charge is -2.27. The van der Waals surface area contributed by atoms with Crippen molar-refractivity contribution in [2.24, 2.45) is 4.99 Å². The summed E-state index contributed by atoms with van der Waals surface area (Å²) in [4.78, 5) is 20.2. The molecule has 1 aliphatic rings. The number of aliphatic imine (C=N–C) groups is 1. The normalized spacial score (nSPS) is 13.5. The van der Waals surface area contributed by atoms with Crippen molar-refractivity contribution in [2.75, 3.05) is 20.1 Å². The second kappa shape index (κ2) is 12.3. The third kappa shape index (κ3) is 7.38. The van der Waals surface area contributed by atoms with Crippen LogP contribution in [0.25, 0.3) is 0 Å². The number of hydrogen-bond acceptors (Lipinski definition) is 4. The molecule has 0 fully saturated rings. The van der Waals surface area contributed by atoms with Crippen LogP contribution in [0, 0.1) is 6.92 Å². The van der Waals surface area contributed by atoms with Crippen LogP contribution in [-0.2, 0) is 24.3 Å². The van der Waals surface area contributed by atoms with Crippen molar-refractivity contribution < 1.29 is 9.53 Å². The van der Waals surface area contributed by atoms with Gasteiger partial charge in [0.1, 0.15) is 5.75 Å². The average molecular weight is 557 g/mol. The minimum absolute atomic E-state index is 0. The number of thiophene rings is 1. The maximum Gasteiger partial charge on any atom is 0.224 e. The number of aryl methyl sites for hydroxylation is 1. The van der Waals surface area contributed by atoms with Gasteiger partial charge in [0.05, 0.1) is 6.10 Å². The molecule has 31 heavy (non-hydrogen) atoms. The summed E-state index contributed by atoms with van der Waals surface area (Å²) in [5.74, 6) is 1.75. The molecule has 0 saturated heterocycles. The number of amides is 1. The smallest absolute Gasteiger partial charge is 0.224 e. The SMILES string of the molecule is CN=C(NCCC(=O)N1CCc2sccc2C1)NCc1ccc(C)cc1OC(C)C.I. The average Bonchev–Trinajstić information content (AvgIpc) is 3.19. The van der Waals surface area contributed by atoms with Crippen molar-refractivity contribution in [1.82, 2.24) is 15.5 Å². The summed E-state index contributed by atoms with van der Waals surface area (Å²) in [6.45, 7) is 8.81. The Kier molecular flexibility index (Phi) is 10.1. The summed E-state index contributed by atoms with van der Waals surface area (Å²) in [6.07, 6.45) is 1.54. The number of hydrogen-bond donors (Lipinski definition) is 2. The fourth-order valence-electron chi connectivity index (χ4n) is 3.48. The standard InChI is InChI=1S/C23H32N4O2S.HI/c1-16(2)29-20-13-17(3)5-6-18(20)14-26-23(24-4)25-10-7-22(28)27-11-8-21-19(15-27)9-12-30-21;/h5-6,9,12-13,16H,7-8,10-11,14-15H2,1-4H3,(H2,24,25,26);1H. The summed E-state index contributed by atoms with van der Waals surface area (Å²) in [5.41, 5.74) is 3.54. The van der Waals surface area contributed by atoms with Crippen molar-refractivity contribution in [3.05, 3.63) is 51.2 Å². The number of rotatable bonds is 7. The number of guanidine groups is 1. The Labute approximate surface area is 206 Å². The number of carbonyl (C=O) groups is 1. The van der Waals surface area contributed by atoms with Crippen molar-refractivity contribution in [3.8, 4) is 5.75 Å². The van der Waals surface area contributed by atoms with Gasteiger partial charge in [-0.1, -0.05) is 12.1 Å². The van der Waals surface area contributed by atoms with E-state index in [1.165, 1.54) is 16.0 Å². The maximum atomic E-state index is 12.6. The Bertz CT molecular complexity index is 897. The largest absolute Gasteiger partial charge is 0.491 e. The molecular weight excluding hydrogens is 523 g/mol. The molecule has 2 aromatic rings. The predicted molar refractivity (Wildman–Crippen MR) is 139 cm³/mol. The first-order valence-corrected chi connectivity index (χ1v) is 11.4. The first-order valence-electron chi connectivity index (χ1n) is 10.5. The lowest BCUT2D eigenvalue weighted by atomic mass is 10.1. The minimum atomic E-state index is 0. The lowest BCUT2D eigenvalue weighted by Crippen LogP contribution is -2.40. The zero-order chi connectivity index (χ0) is 21.5. The second-order valence-electron chi connectivity index (χ2n) is 7.81. The highest BCUT2D eigenvalue weighted by Crippen LogP contribution is 2.24. The number of halogens is 1. The quantitative estimate of drug-likeness (QED) is 0.306. The van der Waals surface area contributed by atoms with Crippen molar-refractivity contribution in [2.45, 2.75) is 52.8 Å². The van der Waals surface area contributed by atoms with Crippen LogP contribution < -0.4 is 15.4 Å². The van der Waals surface area contributed by atoms with Gasteiger partial charge in [0.15, 0.2) is 5.96 Å². The molecule has 0 spiro atoms. The van der Waals surface area contributed by atoms with Crippen LogP contribution in [0.4, 0.5) is 0 Å². The molecule has 8 heteroatoms. The number of nitrogens with one attached hydrogen (secondary N) is 2. The monoisotopic (exact) mass is 556 g/mol. The molecule has 170 valence electrons. The van der Waals surface area contributed by atoms with Gasteiger partial charge in [0.25, 0.3) is 0 Å². The van der Waals surface area contributed by atoms with Crippen molar-refractivity contribution in [1.29, 1.82) is 0 Å². The van der Waals surface area contributed by atoms with E-state index in [0.29, 0.717) is 25.5 Å². The molecule has 1 amide bonds. The zero-order valence-electron chi connectivity index (χ0n) is 18.7. The molecule has 0 unspecified atom stereocenters. The highest BCUT2D eigenvalue weighted by Gasteiger charge is 2.21. The Morgan fingerprint density at radius 2 is 2.10 bits per heavy atom. The van der Waals surface area contributed by atoms with Gasteiger partial charge in [0.2, 0.25) is 5.91 Å². The number of carbonyl (C=O) groups excluding carboxylic acids is 1. The Balaban J connectivity index is 0.00000341. The third-order valence-electron chi connectivity index (χ3n) is 5.05. The van der Waals surface area contributed by atoms with Gasteiger partial charge in [-0.25, -0.2) is 0 Å². The molecule has 1 aliphatic heterocycles. The van der Waals surface area contributed by atoms with Gasteiger partial charge in [-0.2, -0.15) is 0 Å². The molecule has 0 bridgehead atoms. The lowest BCUT2D eigenvalue weighted by molar-refractivity contribution is -0.131. The predicted octanol–water partition coefficient (Wildman–Crippen LogP) is 4.10. The first-order chi connectivity index (χ1) is 14.5. The number of ether oxygens (including phenoxy) is 1. The first kappa shape index (κ1) is 25.5. The van der Waals surface area contributed by atoms with E-state index in [9.17, 15) is 4.79 Å². The molecular formula is C23H33IN4O2S. The van der Waals surface area contributed by atoms with Crippen LogP contribution in [0.2, 0.25) is 0 Å². The highest BCUT2D eigenvalue weighted by atomic mass is 127. The van der Waals surface area contributed by atoms with Crippen LogP contribution in [0.3, 0.4) is 0 Å². The van der Waals surface area contributed by atoms with Crippen LogP contribution in [-0.4, -0.2) is 43.0 Å². The van der Waals surface area contributed by atoms with Gasteiger partial charge >= 0.3 is 0 Å². The molecule has 1 aromatic heterocycles. The van der Waals surface area contributed by atoms with E-state index in [1.807, 2.05) is 18.7 Å². The molecule has 6 nitrogen and oxygen atoms in total. The van der Waals surface area contributed by atoms with Crippen LogP contribution >= 0.6 is 35.3 Å². The molecule has 0 atom stereocenters. The van der Waals surface area contributed by atoms with Crippen LogP contribution in [0.5, 0.6) is 5.75 Å². The molecule has 2 N–H and O–H groups in total. The van der Waals surface area contributed by atoms with Gasteiger partial charge in [-0.05, 0) is 55.8 Å². The van der Waals surface area contributed by atoms with Gasteiger partial charge in [0, 0.05) is 50.1 Å². The topological polar surface area (TPSA) is 66.0 Å². The van der Waals surface area contributed by atoms with Crippen LogP contribution in [0.15, 0.2) is 34.6 Å². The van der Waals surface area contributed by atoms with E-state index in [-0.39, 0.29) is 36.0 Å². The Morgan fingerprint density at radius 1 is 1.29 bits per heavy atom. The summed E-state index contributed by atoms with van der Waals surface area (Å²) < 4.78 is 5.94. The highest BCUT2D eigenvalue weighted by molar-refractivity contribution is 14.0. The van der Waals surface area contributed by atoms with Gasteiger partial charge in [-0.15, -0.1) is 35.3 Å². The second-order valence-corrected chi connectivity index (χ2v) is 8.82. The molecule has 3 rings (SSSR count). The zero-order valence-corrected chi connectivity index (χ0v) is 21.9. The summed E-state index contributed by atoms with van der Waals surface area (Å²) in [7, 11) is 1.74. The third-order valence-corrected chi connectivity index (χ3v) is 6.07. The van der Waals surface area contributed by atoms with E-state index >= 15 is 0 Å². The molecule has 0 radical (unpaired) electrons. The summed E-state index contributed by atoms with van der Waals surface area (Å²) >= 11 is 1.79. The van der Waals surface area contributed by atoms with E-state index in [2.05, 4.69) is 52.2 Å². The summed E-state index contributed by atoms with van der Waals surface area (Å²) in [5, 5.41) is 8.68. The fraction of sp³-hybridized carbons (Fsp3) is 0.478. The van der Waals surface area contributed by atoms with Gasteiger partial charge in [-0.3, -0.25) is 9.79 Å². The van der Waals surface area contributed by atoms with Gasteiger partial charge < -0.3 is 20.3 Å². The Hall–Kier alpha value is -1.81. The van der Waals surface area contributed by atoms with E-state index < -0.39 is 0 Å². The van der Waals surface area contributed by atoms with Crippen molar-refractivity contribution in [3.63, 3.8) is 0 Å². The molecule has 0 saturated carbocycles. The summed E-state index contributed by atoms with van der Waals surface area (Å²) in [6, 6.07) is 8.34. The fourth-order valence-corrected chi connectivity index (χ4v) is 4.37. The molecule has 0 aliphatic carbocycles. The van der Waals surface area contributed by atoms with E-state index in [4.69, 9.17) is 4.74 Å². The van der Waals surface area contributed by atoms with E-state index in [0.717, 1.165) is 30.8 Å². The number of benzene rings is 1. The minimum Gasteiger partial charge on any atom is -0.491 e. The maximum absolute atomic E-state index is 12.6. The Morgan fingerprint density at radius 3 is 2.84 bits per heavy atom. The number of fused-ring (bicyclic) bond motifs is 1. The van der Waals surface area contributed by atoms with Crippen LogP contribution in [0.1, 0.15) is 41.8 Å².